The van der Waals surface area contributed by atoms with E-state index in [2.05, 4.69) is 17.4 Å². The summed E-state index contributed by atoms with van der Waals surface area (Å²) in [6.45, 7) is 4.74. The highest BCUT2D eigenvalue weighted by molar-refractivity contribution is 5.79. The number of methoxy groups -OCH3 is 1. The number of carbonyl (C=O) groups is 2. The van der Waals surface area contributed by atoms with Gasteiger partial charge in [-0.25, -0.2) is 0 Å². The molecule has 1 N–H and O–H groups in total. The van der Waals surface area contributed by atoms with Gasteiger partial charge in [0, 0.05) is 20.0 Å². The summed E-state index contributed by atoms with van der Waals surface area (Å²) in [5.74, 6) is 0.614. The first-order chi connectivity index (χ1) is 13.0. The molecule has 5 heteroatoms. The van der Waals surface area contributed by atoms with Crippen LogP contribution in [0.25, 0.3) is 0 Å². The second kappa shape index (κ2) is 10.4. The summed E-state index contributed by atoms with van der Waals surface area (Å²) in [5, 5.41) is 2.89. The summed E-state index contributed by atoms with van der Waals surface area (Å²) in [6.07, 6.45) is 1.04. The molecule has 2 rings (SSSR count). The smallest absolute Gasteiger partial charge is 0.224 e. The Labute approximate surface area is 161 Å². The zero-order valence-corrected chi connectivity index (χ0v) is 16.3. The van der Waals surface area contributed by atoms with E-state index in [-0.39, 0.29) is 24.3 Å². The number of ether oxygens (including phenoxy) is 1. The number of nitrogens with one attached hydrogen (secondary N) is 1. The average Bonchev–Trinajstić information content (AvgIpc) is 2.68. The minimum Gasteiger partial charge on any atom is -0.497 e. The molecule has 0 aliphatic carbocycles. The van der Waals surface area contributed by atoms with Gasteiger partial charge in [-0.1, -0.05) is 42.5 Å². The average molecular weight is 368 g/mol. The number of rotatable bonds is 9. The normalized spacial score (nSPS) is 11.5. The van der Waals surface area contributed by atoms with Gasteiger partial charge in [-0.2, -0.15) is 0 Å². The quantitative estimate of drug-likeness (QED) is 0.738. The maximum Gasteiger partial charge on any atom is 0.224 e. The Hall–Kier alpha value is -2.82. The summed E-state index contributed by atoms with van der Waals surface area (Å²) in [7, 11) is 1.61. The molecule has 0 aliphatic rings. The van der Waals surface area contributed by atoms with E-state index >= 15 is 0 Å². The van der Waals surface area contributed by atoms with E-state index in [1.165, 1.54) is 12.5 Å². The Morgan fingerprint density at radius 2 is 1.74 bits per heavy atom. The van der Waals surface area contributed by atoms with Crippen molar-refractivity contribution in [3.63, 3.8) is 0 Å². The summed E-state index contributed by atoms with van der Waals surface area (Å²) in [5.41, 5.74) is 2.09. The standard InChI is InChI=1S/C22H28N2O3/c1-4-24(15-14-18-8-6-5-7-9-18)22(26)16-21(23-17(2)25)19-10-12-20(27-3)13-11-19/h5-13,21H,4,14-16H2,1-3H3,(H,23,25). The van der Waals surface area contributed by atoms with Crippen LogP contribution in [-0.4, -0.2) is 36.9 Å². The highest BCUT2D eigenvalue weighted by Gasteiger charge is 2.20. The molecule has 0 fully saturated rings. The summed E-state index contributed by atoms with van der Waals surface area (Å²) >= 11 is 0. The first-order valence-corrected chi connectivity index (χ1v) is 9.26. The largest absolute Gasteiger partial charge is 0.497 e. The van der Waals surface area contributed by atoms with Gasteiger partial charge in [0.2, 0.25) is 11.8 Å². The van der Waals surface area contributed by atoms with Crippen molar-refractivity contribution < 1.29 is 14.3 Å². The molecular formula is C22H28N2O3. The third-order valence-electron chi connectivity index (χ3n) is 4.52. The molecule has 27 heavy (non-hydrogen) atoms. The van der Waals surface area contributed by atoms with E-state index in [0.717, 1.165) is 17.7 Å². The molecule has 0 spiro atoms. The summed E-state index contributed by atoms with van der Waals surface area (Å²) in [6, 6.07) is 17.2. The number of hydrogen-bond acceptors (Lipinski definition) is 3. The van der Waals surface area contributed by atoms with Crippen molar-refractivity contribution in [1.82, 2.24) is 10.2 Å². The fourth-order valence-electron chi connectivity index (χ4n) is 3.01. The number of benzene rings is 2. The minimum atomic E-state index is -0.355. The SMILES string of the molecule is CCN(CCc1ccccc1)C(=O)CC(NC(C)=O)c1ccc(OC)cc1. The number of carbonyl (C=O) groups excluding carboxylic acids is 2. The number of amides is 2. The van der Waals surface area contributed by atoms with Crippen LogP contribution in [0.15, 0.2) is 54.6 Å². The molecule has 0 saturated heterocycles. The monoisotopic (exact) mass is 368 g/mol. The minimum absolute atomic E-state index is 0.0306. The second-order valence-electron chi connectivity index (χ2n) is 6.44. The van der Waals surface area contributed by atoms with Crippen molar-refractivity contribution in [3.8, 4) is 5.75 Å². The second-order valence-corrected chi connectivity index (χ2v) is 6.44. The van der Waals surface area contributed by atoms with Gasteiger partial charge in [0.05, 0.1) is 19.6 Å². The van der Waals surface area contributed by atoms with Crippen LogP contribution in [0.4, 0.5) is 0 Å². The van der Waals surface area contributed by atoms with E-state index in [4.69, 9.17) is 4.74 Å². The van der Waals surface area contributed by atoms with E-state index < -0.39 is 0 Å². The first-order valence-electron chi connectivity index (χ1n) is 9.26. The fourth-order valence-corrected chi connectivity index (χ4v) is 3.01. The van der Waals surface area contributed by atoms with Gasteiger partial charge in [-0.05, 0) is 36.6 Å². The van der Waals surface area contributed by atoms with Crippen LogP contribution < -0.4 is 10.1 Å². The van der Waals surface area contributed by atoms with E-state index in [0.29, 0.717) is 13.1 Å². The lowest BCUT2D eigenvalue weighted by Gasteiger charge is -2.25. The van der Waals surface area contributed by atoms with Gasteiger partial charge >= 0.3 is 0 Å². The van der Waals surface area contributed by atoms with Crippen molar-refractivity contribution in [2.45, 2.75) is 32.7 Å². The summed E-state index contributed by atoms with van der Waals surface area (Å²) < 4.78 is 5.18. The molecule has 144 valence electrons. The van der Waals surface area contributed by atoms with Crippen LogP contribution in [0.2, 0.25) is 0 Å². The molecule has 0 radical (unpaired) electrons. The van der Waals surface area contributed by atoms with Gasteiger partial charge in [0.25, 0.3) is 0 Å². The van der Waals surface area contributed by atoms with Crippen molar-refractivity contribution in [1.29, 1.82) is 0 Å². The molecule has 0 aliphatic heterocycles. The Balaban J connectivity index is 2.04. The molecule has 2 aromatic carbocycles. The molecule has 1 atom stereocenters. The number of likely N-dealkylation sites (N-methyl/N-ethyl adjacent to an activating group) is 1. The number of hydrogen-bond donors (Lipinski definition) is 1. The Morgan fingerprint density at radius 1 is 1.07 bits per heavy atom. The molecule has 2 aromatic rings. The van der Waals surface area contributed by atoms with Crippen molar-refractivity contribution in [3.05, 3.63) is 65.7 Å². The Morgan fingerprint density at radius 3 is 2.30 bits per heavy atom. The zero-order chi connectivity index (χ0) is 19.6. The summed E-state index contributed by atoms with van der Waals surface area (Å²) in [4.78, 5) is 26.3. The molecular weight excluding hydrogens is 340 g/mol. The van der Waals surface area contributed by atoms with Gasteiger partial charge in [-0.15, -0.1) is 0 Å². The first kappa shape index (κ1) is 20.5. The van der Waals surface area contributed by atoms with E-state index in [1.54, 1.807) is 7.11 Å². The van der Waals surface area contributed by atoms with Gasteiger partial charge < -0.3 is 15.0 Å². The molecule has 0 saturated carbocycles. The predicted molar refractivity (Wildman–Crippen MR) is 107 cm³/mol. The molecule has 0 heterocycles. The highest BCUT2D eigenvalue weighted by Crippen LogP contribution is 2.21. The third-order valence-corrected chi connectivity index (χ3v) is 4.52. The highest BCUT2D eigenvalue weighted by atomic mass is 16.5. The fraction of sp³-hybridized carbons (Fsp3) is 0.364. The third kappa shape index (κ3) is 6.44. The topological polar surface area (TPSA) is 58.6 Å². The lowest BCUT2D eigenvalue weighted by atomic mass is 10.0. The lowest BCUT2D eigenvalue weighted by molar-refractivity contribution is -0.131. The molecule has 1 unspecified atom stereocenters. The maximum atomic E-state index is 12.8. The van der Waals surface area contributed by atoms with Gasteiger partial charge in [0.1, 0.15) is 5.75 Å². The maximum absolute atomic E-state index is 12.8. The number of nitrogens with zero attached hydrogens (tertiary/aromatic N) is 1. The van der Waals surface area contributed by atoms with E-state index in [1.807, 2.05) is 54.3 Å². The van der Waals surface area contributed by atoms with Crippen molar-refractivity contribution in [2.75, 3.05) is 20.2 Å². The van der Waals surface area contributed by atoms with Gasteiger partial charge in [-0.3, -0.25) is 9.59 Å². The van der Waals surface area contributed by atoms with Crippen LogP contribution in [0.1, 0.15) is 37.4 Å². The molecule has 5 nitrogen and oxygen atoms in total. The van der Waals surface area contributed by atoms with Crippen LogP contribution in [-0.2, 0) is 16.0 Å². The van der Waals surface area contributed by atoms with Crippen LogP contribution >= 0.6 is 0 Å². The van der Waals surface area contributed by atoms with Crippen LogP contribution in [0.3, 0.4) is 0 Å². The van der Waals surface area contributed by atoms with Crippen molar-refractivity contribution in [2.24, 2.45) is 0 Å². The molecule has 0 aromatic heterocycles. The predicted octanol–water partition coefficient (Wildman–Crippen LogP) is 3.35. The van der Waals surface area contributed by atoms with Crippen molar-refractivity contribution >= 4 is 11.8 Å². The van der Waals surface area contributed by atoms with Crippen LogP contribution in [0, 0.1) is 0 Å². The van der Waals surface area contributed by atoms with Gasteiger partial charge in [0.15, 0.2) is 0 Å². The molecule has 2 amide bonds. The lowest BCUT2D eigenvalue weighted by Crippen LogP contribution is -2.37. The van der Waals surface area contributed by atoms with Crippen LogP contribution in [0.5, 0.6) is 5.75 Å². The zero-order valence-electron chi connectivity index (χ0n) is 16.3. The van der Waals surface area contributed by atoms with E-state index in [9.17, 15) is 9.59 Å². The molecule has 0 bridgehead atoms. The Bertz CT molecular complexity index is 729. The Kier molecular flexibility index (Phi) is 7.86.